The second-order valence-electron chi connectivity index (χ2n) is 9.71. The normalized spacial score (nSPS) is 30.7. The van der Waals surface area contributed by atoms with Crippen LogP contribution in [0, 0.1) is 37.5 Å². The van der Waals surface area contributed by atoms with Gasteiger partial charge in [-0.2, -0.15) is 0 Å². The van der Waals surface area contributed by atoms with Crippen LogP contribution in [0.25, 0.3) is 0 Å². The lowest BCUT2D eigenvalue weighted by Crippen LogP contribution is -2.32. The van der Waals surface area contributed by atoms with Gasteiger partial charge in [-0.25, -0.2) is 0 Å². The molecular weight excluding hydrogens is 342 g/mol. The van der Waals surface area contributed by atoms with E-state index in [-0.39, 0.29) is 12.0 Å². The van der Waals surface area contributed by atoms with Crippen LogP contribution in [-0.2, 0) is 4.79 Å². The third kappa shape index (κ3) is 3.80. The van der Waals surface area contributed by atoms with Crippen LogP contribution in [0.1, 0.15) is 81.0 Å². The fraction of sp³-hybridized carbons (Fsp3) is 0.654. The number of fused-ring (bicyclic) bond motifs is 1. The monoisotopic (exact) mass is 379 g/mol. The topological polar surface area (TPSA) is 20.3 Å². The summed E-state index contributed by atoms with van der Waals surface area (Å²) < 4.78 is 0. The van der Waals surface area contributed by atoms with Crippen LogP contribution < -0.4 is 0 Å². The average Bonchev–Trinajstić information content (AvgIpc) is 2.98. The van der Waals surface area contributed by atoms with E-state index in [9.17, 15) is 4.79 Å². The number of carbonyl (C=O) groups is 1. The van der Waals surface area contributed by atoms with Crippen molar-refractivity contribution in [3.8, 4) is 0 Å². The van der Waals surface area contributed by atoms with Crippen molar-refractivity contribution < 1.29 is 4.79 Å². The van der Waals surface area contributed by atoms with E-state index in [2.05, 4.69) is 56.0 Å². The first-order valence-corrected chi connectivity index (χ1v) is 11.6. The molecule has 152 valence electrons. The number of likely N-dealkylation sites (tertiary alicyclic amines) is 1. The van der Waals surface area contributed by atoms with Crippen molar-refractivity contribution in [1.82, 2.24) is 4.90 Å². The molecule has 1 aromatic carbocycles. The first kappa shape index (κ1) is 19.7. The van der Waals surface area contributed by atoms with Gasteiger partial charge < -0.3 is 4.90 Å². The van der Waals surface area contributed by atoms with Crippen molar-refractivity contribution in [2.75, 3.05) is 6.54 Å². The van der Waals surface area contributed by atoms with E-state index in [0.29, 0.717) is 17.7 Å². The smallest absolute Gasteiger partial charge is 0.227 e. The fourth-order valence-electron chi connectivity index (χ4n) is 5.97. The zero-order valence-electron chi connectivity index (χ0n) is 18.0. The number of amides is 1. The van der Waals surface area contributed by atoms with Crippen LogP contribution in [0.4, 0.5) is 0 Å². The molecule has 28 heavy (non-hydrogen) atoms. The third-order valence-corrected chi connectivity index (χ3v) is 7.77. The molecule has 1 aromatic rings. The van der Waals surface area contributed by atoms with E-state index in [1.54, 1.807) is 0 Å². The molecule has 2 fully saturated rings. The number of allylic oxidation sites excluding steroid dienone is 1. The van der Waals surface area contributed by atoms with Gasteiger partial charge in [0.05, 0.1) is 6.04 Å². The first-order valence-electron chi connectivity index (χ1n) is 11.6. The number of nitrogens with zero attached hydrogens (tertiary/aromatic N) is 1. The largest absolute Gasteiger partial charge is 0.335 e. The van der Waals surface area contributed by atoms with Gasteiger partial charge in [-0.3, -0.25) is 4.79 Å². The molecule has 1 aliphatic heterocycles. The maximum Gasteiger partial charge on any atom is 0.227 e. The highest BCUT2D eigenvalue weighted by atomic mass is 16.2. The molecule has 1 saturated heterocycles. The maximum atomic E-state index is 13.5. The zero-order chi connectivity index (χ0) is 19.7. The highest BCUT2D eigenvalue weighted by Crippen LogP contribution is 2.48. The van der Waals surface area contributed by atoms with Crippen LogP contribution in [0.2, 0.25) is 0 Å². The van der Waals surface area contributed by atoms with E-state index in [1.165, 1.54) is 55.2 Å². The Hall–Kier alpha value is -1.57. The Morgan fingerprint density at radius 2 is 1.86 bits per heavy atom. The second-order valence-corrected chi connectivity index (χ2v) is 9.71. The van der Waals surface area contributed by atoms with E-state index >= 15 is 0 Å². The minimum atomic E-state index is 0.172. The lowest BCUT2D eigenvalue weighted by atomic mass is 9.75. The lowest BCUT2D eigenvalue weighted by Gasteiger charge is -2.30. The Balaban J connectivity index is 1.55. The second kappa shape index (κ2) is 8.43. The van der Waals surface area contributed by atoms with Crippen LogP contribution in [0.15, 0.2) is 30.4 Å². The average molecular weight is 380 g/mol. The molecule has 4 rings (SSSR count). The zero-order valence-corrected chi connectivity index (χ0v) is 18.0. The van der Waals surface area contributed by atoms with Gasteiger partial charge in [-0.05, 0) is 61.6 Å². The van der Waals surface area contributed by atoms with Crippen LogP contribution in [0.5, 0.6) is 0 Å². The van der Waals surface area contributed by atoms with Gasteiger partial charge in [-0.1, -0.05) is 69.4 Å². The summed E-state index contributed by atoms with van der Waals surface area (Å²) in [7, 11) is 0. The number of carbonyl (C=O) groups excluding carboxylic acids is 1. The summed E-state index contributed by atoms with van der Waals surface area (Å²) in [6.07, 6.45) is 15.2. The Labute approximate surface area is 171 Å². The summed E-state index contributed by atoms with van der Waals surface area (Å²) in [5.74, 6) is 2.28. The van der Waals surface area contributed by atoms with Gasteiger partial charge in [0.1, 0.15) is 0 Å². The molecule has 2 heteroatoms. The number of aryl methyl sites for hydroxylation is 2. The highest BCUT2D eigenvalue weighted by Gasteiger charge is 2.50. The maximum absolute atomic E-state index is 13.5. The summed E-state index contributed by atoms with van der Waals surface area (Å²) >= 11 is 0. The van der Waals surface area contributed by atoms with Crippen LogP contribution >= 0.6 is 0 Å². The Morgan fingerprint density at radius 3 is 2.61 bits per heavy atom. The van der Waals surface area contributed by atoms with Crippen LogP contribution in [0.3, 0.4) is 0 Å². The predicted molar refractivity (Wildman–Crippen MR) is 116 cm³/mol. The van der Waals surface area contributed by atoms with Crippen molar-refractivity contribution in [2.45, 2.75) is 78.2 Å². The third-order valence-electron chi connectivity index (χ3n) is 7.77. The molecule has 4 atom stereocenters. The predicted octanol–water partition coefficient (Wildman–Crippen LogP) is 6.38. The van der Waals surface area contributed by atoms with Gasteiger partial charge in [0.25, 0.3) is 0 Å². The van der Waals surface area contributed by atoms with Crippen molar-refractivity contribution in [1.29, 1.82) is 0 Å². The molecule has 0 unspecified atom stereocenters. The Morgan fingerprint density at radius 1 is 1.07 bits per heavy atom. The number of hydrogen-bond acceptors (Lipinski definition) is 1. The summed E-state index contributed by atoms with van der Waals surface area (Å²) in [5.41, 5.74) is 4.00. The van der Waals surface area contributed by atoms with Gasteiger partial charge in [-0.15, -0.1) is 0 Å². The van der Waals surface area contributed by atoms with E-state index < -0.39 is 0 Å². The minimum absolute atomic E-state index is 0.172. The first-order chi connectivity index (χ1) is 13.6. The van der Waals surface area contributed by atoms with Gasteiger partial charge in [0, 0.05) is 18.4 Å². The number of hydrogen-bond donors (Lipinski definition) is 0. The van der Waals surface area contributed by atoms with Gasteiger partial charge in [0.15, 0.2) is 0 Å². The van der Waals surface area contributed by atoms with Crippen molar-refractivity contribution in [3.05, 3.63) is 47.0 Å². The highest BCUT2D eigenvalue weighted by molar-refractivity contribution is 5.83. The Kier molecular flexibility index (Phi) is 5.94. The molecule has 0 aromatic heterocycles. The summed E-state index contributed by atoms with van der Waals surface area (Å²) in [6, 6.07) is 7.06. The SMILES string of the molecule is Cc1ccc([C@H]2[C@H]3C=CC[C@@H](C)[C@@H]3C(=O)N2CCCC2CCCCC2)cc1C. The lowest BCUT2D eigenvalue weighted by molar-refractivity contribution is -0.133. The minimum Gasteiger partial charge on any atom is -0.335 e. The molecule has 2 nitrogen and oxygen atoms in total. The van der Waals surface area contributed by atoms with E-state index in [4.69, 9.17) is 0 Å². The standard InChI is InChI=1S/C26H37NO/c1-18-14-15-22(17-20(18)3)25-23-13-7-9-19(2)24(23)26(28)27(25)16-8-12-21-10-5-4-6-11-21/h7,13-15,17,19,21,23-25H,4-6,8-12,16H2,1-3H3/t19-,23+,24+,25+/m1/s1. The quantitative estimate of drug-likeness (QED) is 0.544. The molecule has 3 aliphatic rings. The number of rotatable bonds is 5. The summed E-state index contributed by atoms with van der Waals surface area (Å²) in [5, 5.41) is 0. The molecule has 0 N–H and O–H groups in total. The number of benzene rings is 1. The molecular formula is C26H37NO. The van der Waals surface area contributed by atoms with Gasteiger partial charge in [0.2, 0.25) is 5.91 Å². The summed E-state index contributed by atoms with van der Waals surface area (Å²) in [4.78, 5) is 15.7. The fourth-order valence-corrected chi connectivity index (χ4v) is 5.97. The summed E-state index contributed by atoms with van der Waals surface area (Å²) in [6.45, 7) is 7.56. The molecule has 0 spiro atoms. The molecule has 0 radical (unpaired) electrons. The molecule has 1 heterocycles. The van der Waals surface area contributed by atoms with Crippen molar-refractivity contribution >= 4 is 5.91 Å². The van der Waals surface area contributed by atoms with Crippen molar-refractivity contribution in [3.63, 3.8) is 0 Å². The molecule has 0 bridgehead atoms. The van der Waals surface area contributed by atoms with Crippen molar-refractivity contribution in [2.24, 2.45) is 23.7 Å². The molecule has 2 aliphatic carbocycles. The van der Waals surface area contributed by atoms with Crippen LogP contribution in [-0.4, -0.2) is 17.4 Å². The molecule has 1 saturated carbocycles. The Bertz CT molecular complexity index is 730. The van der Waals surface area contributed by atoms with Gasteiger partial charge >= 0.3 is 0 Å². The van der Waals surface area contributed by atoms with E-state index in [0.717, 1.165) is 25.3 Å². The molecule has 1 amide bonds. The van der Waals surface area contributed by atoms with E-state index in [1.807, 2.05) is 0 Å².